The van der Waals surface area contributed by atoms with Crippen LogP contribution < -0.4 is 5.43 Å². The maximum Gasteiger partial charge on any atom is 0.416 e. The minimum absolute atomic E-state index is 0.0855. The normalized spacial score (nSPS) is 15.9. The van der Waals surface area contributed by atoms with E-state index in [1.165, 1.54) is 12.1 Å². The number of alkyl halides is 3. The summed E-state index contributed by atoms with van der Waals surface area (Å²) in [5.74, 6) is -0.0877. The minimum Gasteiger partial charge on any atom is -0.378 e. The van der Waals surface area contributed by atoms with Crippen molar-refractivity contribution in [1.82, 2.24) is 4.90 Å². The number of nitrogens with one attached hydrogen (secondary N) is 2. The van der Waals surface area contributed by atoms with Gasteiger partial charge in [0.2, 0.25) is 5.71 Å². The fraction of sp³-hybridized carbons (Fsp3) is 0.357. The quantitative estimate of drug-likeness (QED) is 0.507. The van der Waals surface area contributed by atoms with Gasteiger partial charge < -0.3 is 9.64 Å². The van der Waals surface area contributed by atoms with Gasteiger partial charge >= 0.3 is 6.18 Å². The molecule has 1 aromatic carbocycles. The van der Waals surface area contributed by atoms with Gasteiger partial charge in [-0.25, -0.2) is 0 Å². The van der Waals surface area contributed by atoms with Crippen LogP contribution in [0.4, 0.5) is 18.9 Å². The van der Waals surface area contributed by atoms with Crippen molar-refractivity contribution in [3.63, 3.8) is 0 Å². The summed E-state index contributed by atoms with van der Waals surface area (Å²) >= 11 is 0. The number of hydrazone groups is 1. The van der Waals surface area contributed by atoms with Gasteiger partial charge in [-0.1, -0.05) is 6.07 Å². The summed E-state index contributed by atoms with van der Waals surface area (Å²) in [5, 5.41) is 20.8. The SMILES string of the molecule is N#C/C(=N/Nc1cccc(C(F)(F)F)c1)C(=N)N1CCOCC1. The fourth-order valence-electron chi connectivity index (χ4n) is 1.95. The lowest BCUT2D eigenvalue weighted by molar-refractivity contribution is -0.137. The Kier molecular flexibility index (Phi) is 5.18. The van der Waals surface area contributed by atoms with Gasteiger partial charge in [-0.15, -0.1) is 0 Å². The van der Waals surface area contributed by atoms with Crippen LogP contribution in [-0.2, 0) is 10.9 Å². The number of nitriles is 1. The van der Waals surface area contributed by atoms with Crippen LogP contribution in [0.2, 0.25) is 0 Å². The molecular weight excluding hydrogens is 311 g/mol. The Morgan fingerprint density at radius 3 is 2.65 bits per heavy atom. The summed E-state index contributed by atoms with van der Waals surface area (Å²) in [5.41, 5.74) is 1.46. The molecule has 1 saturated heterocycles. The molecule has 0 radical (unpaired) electrons. The molecule has 0 spiro atoms. The average Bonchev–Trinajstić information content (AvgIpc) is 2.55. The number of amidine groups is 1. The second-order valence-corrected chi connectivity index (χ2v) is 4.71. The Balaban J connectivity index is 2.10. The van der Waals surface area contributed by atoms with E-state index >= 15 is 0 Å². The topological polar surface area (TPSA) is 84.5 Å². The number of morpholine rings is 1. The van der Waals surface area contributed by atoms with Gasteiger partial charge in [-0.05, 0) is 18.2 Å². The number of nitrogens with zero attached hydrogens (tertiary/aromatic N) is 3. The Labute approximate surface area is 130 Å². The van der Waals surface area contributed by atoms with Crippen molar-refractivity contribution in [2.24, 2.45) is 5.10 Å². The molecule has 0 atom stereocenters. The first kappa shape index (κ1) is 16.8. The van der Waals surface area contributed by atoms with Crippen molar-refractivity contribution < 1.29 is 17.9 Å². The summed E-state index contributed by atoms with van der Waals surface area (Å²) in [4.78, 5) is 1.62. The van der Waals surface area contributed by atoms with Crippen LogP contribution in [0.15, 0.2) is 29.4 Å². The van der Waals surface area contributed by atoms with E-state index in [1.54, 1.807) is 11.0 Å². The molecule has 0 aromatic heterocycles. The summed E-state index contributed by atoms with van der Waals surface area (Å²) in [6.45, 7) is 1.82. The van der Waals surface area contributed by atoms with Crippen LogP contribution >= 0.6 is 0 Å². The molecule has 23 heavy (non-hydrogen) atoms. The summed E-state index contributed by atoms with van der Waals surface area (Å²) in [6, 6.07) is 6.23. The zero-order chi connectivity index (χ0) is 16.9. The van der Waals surface area contributed by atoms with Crippen LogP contribution in [0, 0.1) is 16.7 Å². The van der Waals surface area contributed by atoms with E-state index < -0.39 is 11.7 Å². The van der Waals surface area contributed by atoms with Crippen LogP contribution in [0.1, 0.15) is 5.56 Å². The number of hydrogen-bond acceptors (Lipinski definition) is 5. The monoisotopic (exact) mass is 325 g/mol. The molecule has 0 saturated carbocycles. The van der Waals surface area contributed by atoms with Crippen LogP contribution in [-0.4, -0.2) is 42.8 Å². The van der Waals surface area contributed by atoms with Crippen molar-refractivity contribution in [1.29, 1.82) is 10.7 Å². The van der Waals surface area contributed by atoms with Crippen LogP contribution in [0.25, 0.3) is 0 Å². The second kappa shape index (κ2) is 7.11. The standard InChI is InChI=1S/C14H14F3N5O/c15-14(16,17)10-2-1-3-11(8-10)20-21-12(9-18)13(19)22-4-6-23-7-5-22/h1-3,8,19-20H,4-7H2/b19-13?,21-12-. The smallest absolute Gasteiger partial charge is 0.378 e. The molecule has 2 rings (SSSR count). The lowest BCUT2D eigenvalue weighted by atomic mass is 10.2. The molecule has 0 unspecified atom stereocenters. The van der Waals surface area contributed by atoms with E-state index in [0.29, 0.717) is 26.3 Å². The zero-order valence-corrected chi connectivity index (χ0v) is 12.0. The molecule has 6 nitrogen and oxygen atoms in total. The van der Waals surface area contributed by atoms with Gasteiger partial charge in [0.1, 0.15) is 6.07 Å². The largest absolute Gasteiger partial charge is 0.416 e. The first-order valence-corrected chi connectivity index (χ1v) is 6.74. The fourth-order valence-corrected chi connectivity index (χ4v) is 1.95. The third kappa shape index (κ3) is 4.43. The Hall–Kier alpha value is -2.60. The Bertz CT molecular complexity index is 645. The summed E-state index contributed by atoms with van der Waals surface area (Å²) in [7, 11) is 0. The third-order valence-corrected chi connectivity index (χ3v) is 3.14. The van der Waals surface area contributed by atoms with Crippen LogP contribution in [0.3, 0.4) is 0 Å². The molecule has 0 aliphatic carbocycles. The van der Waals surface area contributed by atoms with E-state index in [0.717, 1.165) is 12.1 Å². The third-order valence-electron chi connectivity index (χ3n) is 3.14. The molecule has 2 N–H and O–H groups in total. The van der Waals surface area contributed by atoms with Gasteiger partial charge in [0.05, 0.1) is 24.5 Å². The summed E-state index contributed by atoms with van der Waals surface area (Å²) < 4.78 is 43.1. The average molecular weight is 325 g/mol. The van der Waals surface area contributed by atoms with Crippen molar-refractivity contribution in [3.05, 3.63) is 29.8 Å². The Morgan fingerprint density at radius 2 is 2.04 bits per heavy atom. The number of benzene rings is 1. The molecular formula is C14H14F3N5O. The maximum atomic E-state index is 12.6. The highest BCUT2D eigenvalue weighted by atomic mass is 19.4. The number of hydrogen-bond donors (Lipinski definition) is 2. The van der Waals surface area contributed by atoms with Crippen molar-refractivity contribution >= 4 is 17.2 Å². The minimum atomic E-state index is -4.46. The molecule has 9 heteroatoms. The van der Waals surface area contributed by atoms with E-state index in [4.69, 9.17) is 15.4 Å². The second-order valence-electron chi connectivity index (χ2n) is 4.71. The molecule has 0 bridgehead atoms. The molecule has 1 aliphatic heterocycles. The molecule has 1 aromatic rings. The summed E-state index contributed by atoms with van der Waals surface area (Å²) in [6.07, 6.45) is -4.46. The lowest BCUT2D eigenvalue weighted by Crippen LogP contribution is -2.43. The van der Waals surface area contributed by atoms with E-state index in [2.05, 4.69) is 10.5 Å². The van der Waals surface area contributed by atoms with E-state index in [-0.39, 0.29) is 17.2 Å². The van der Waals surface area contributed by atoms with Crippen molar-refractivity contribution in [2.75, 3.05) is 31.7 Å². The molecule has 1 heterocycles. The van der Waals surface area contributed by atoms with Gasteiger partial charge in [0.25, 0.3) is 0 Å². The molecule has 1 fully saturated rings. The highest BCUT2D eigenvalue weighted by Gasteiger charge is 2.30. The van der Waals surface area contributed by atoms with Gasteiger partial charge in [0, 0.05) is 13.1 Å². The molecule has 1 aliphatic rings. The van der Waals surface area contributed by atoms with E-state index in [9.17, 15) is 13.2 Å². The number of anilines is 1. The zero-order valence-electron chi connectivity index (χ0n) is 12.0. The maximum absolute atomic E-state index is 12.6. The Morgan fingerprint density at radius 1 is 1.35 bits per heavy atom. The lowest BCUT2D eigenvalue weighted by Gasteiger charge is -2.28. The van der Waals surface area contributed by atoms with Gasteiger partial charge in [-0.2, -0.15) is 23.5 Å². The van der Waals surface area contributed by atoms with Crippen molar-refractivity contribution in [2.45, 2.75) is 6.18 Å². The molecule has 122 valence electrons. The highest BCUT2D eigenvalue weighted by molar-refractivity contribution is 6.46. The van der Waals surface area contributed by atoms with Gasteiger partial charge in [-0.3, -0.25) is 10.8 Å². The highest BCUT2D eigenvalue weighted by Crippen LogP contribution is 2.30. The van der Waals surface area contributed by atoms with Crippen molar-refractivity contribution in [3.8, 4) is 6.07 Å². The first-order chi connectivity index (χ1) is 10.9. The first-order valence-electron chi connectivity index (χ1n) is 6.74. The number of ether oxygens (including phenoxy) is 1. The number of rotatable bonds is 3. The predicted octanol–water partition coefficient (Wildman–Crippen LogP) is 2.31. The van der Waals surface area contributed by atoms with Gasteiger partial charge in [0.15, 0.2) is 5.84 Å². The number of halogens is 3. The molecule has 0 amide bonds. The van der Waals surface area contributed by atoms with E-state index in [1.807, 2.05) is 0 Å². The predicted molar refractivity (Wildman–Crippen MR) is 78.2 cm³/mol. The van der Waals surface area contributed by atoms with Crippen LogP contribution in [0.5, 0.6) is 0 Å².